The van der Waals surface area contributed by atoms with Gasteiger partial charge in [0.1, 0.15) is 24.9 Å². The van der Waals surface area contributed by atoms with Crippen LogP contribution in [-0.2, 0) is 19.1 Å². The second kappa shape index (κ2) is 7.28. The van der Waals surface area contributed by atoms with E-state index in [1.165, 1.54) is 0 Å². The van der Waals surface area contributed by atoms with Crippen molar-refractivity contribution in [2.75, 3.05) is 13.2 Å². The van der Waals surface area contributed by atoms with Crippen molar-refractivity contribution in [3.63, 3.8) is 0 Å². The fraction of sp³-hybridized carbons (Fsp3) is 0.818. The Morgan fingerprint density at radius 3 is 2.41 bits per heavy atom. The van der Waals surface area contributed by atoms with E-state index in [1.807, 2.05) is 0 Å². The summed E-state index contributed by atoms with van der Waals surface area (Å²) >= 11 is 0. The lowest BCUT2D eigenvalue weighted by Crippen LogP contribution is -2.66. The van der Waals surface area contributed by atoms with Gasteiger partial charge in [0.05, 0.1) is 18.8 Å². The first kappa shape index (κ1) is 18.7. The number of rotatable bonds is 7. The highest BCUT2D eigenvalue weighted by molar-refractivity contribution is 5.77. The van der Waals surface area contributed by atoms with Crippen molar-refractivity contribution in [2.24, 2.45) is 5.73 Å². The number of nitrogens with two attached hydrogens (primary N) is 1. The van der Waals surface area contributed by atoms with E-state index < -0.39 is 67.8 Å². The number of hydrogen-bond acceptors (Lipinski definition) is 9. The number of carbonyl (C=O) groups is 2. The second-order valence-corrected chi connectivity index (χ2v) is 4.91. The van der Waals surface area contributed by atoms with Gasteiger partial charge in [-0.3, -0.25) is 0 Å². The molecule has 0 unspecified atom stereocenters. The third-order valence-corrected chi connectivity index (χ3v) is 3.30. The van der Waals surface area contributed by atoms with E-state index in [0.29, 0.717) is 0 Å². The van der Waals surface area contributed by atoms with Crippen molar-refractivity contribution < 1.29 is 49.7 Å². The van der Waals surface area contributed by atoms with Crippen LogP contribution in [0.5, 0.6) is 0 Å². The van der Waals surface area contributed by atoms with Crippen molar-refractivity contribution >= 4 is 11.9 Å². The van der Waals surface area contributed by atoms with Gasteiger partial charge in [0, 0.05) is 6.42 Å². The van der Waals surface area contributed by atoms with E-state index in [0.717, 1.165) is 0 Å². The number of aliphatic carboxylic acids is 2. The minimum atomic E-state index is -2.55. The molecule has 128 valence electrons. The van der Waals surface area contributed by atoms with Crippen LogP contribution in [0.15, 0.2) is 0 Å². The smallest absolute Gasteiger partial charge is 0.364 e. The Bertz CT molecular complexity index is 418. The van der Waals surface area contributed by atoms with Gasteiger partial charge in [-0.25, -0.2) is 9.59 Å². The predicted octanol–water partition coefficient (Wildman–Crippen LogP) is -3.94. The van der Waals surface area contributed by atoms with Gasteiger partial charge in [-0.1, -0.05) is 0 Å². The zero-order chi connectivity index (χ0) is 17.1. The predicted molar refractivity (Wildman–Crippen MR) is 66.5 cm³/mol. The highest BCUT2D eigenvalue weighted by atomic mass is 16.7. The maximum absolute atomic E-state index is 11.4. The lowest BCUT2D eigenvalue weighted by Gasteiger charge is -2.44. The first-order chi connectivity index (χ1) is 10.1. The lowest BCUT2D eigenvalue weighted by atomic mass is 9.89. The Balaban J connectivity index is 3.04. The highest BCUT2D eigenvalue weighted by Gasteiger charge is 2.54. The highest BCUT2D eigenvalue weighted by Crippen LogP contribution is 2.32. The van der Waals surface area contributed by atoms with E-state index in [1.54, 1.807) is 0 Å². The van der Waals surface area contributed by atoms with E-state index in [-0.39, 0.29) is 0 Å². The Kier molecular flexibility index (Phi) is 6.19. The third-order valence-electron chi connectivity index (χ3n) is 3.30. The van der Waals surface area contributed by atoms with Gasteiger partial charge in [-0.05, 0) is 0 Å². The molecule has 1 fully saturated rings. The summed E-state index contributed by atoms with van der Waals surface area (Å²) in [4.78, 5) is 21.9. The zero-order valence-corrected chi connectivity index (χ0v) is 11.4. The summed E-state index contributed by atoms with van der Waals surface area (Å²) in [6, 6.07) is -1.28. The largest absolute Gasteiger partial charge is 0.480 e. The molecular weight excluding hydrogens is 306 g/mol. The van der Waals surface area contributed by atoms with E-state index in [9.17, 15) is 30.0 Å². The van der Waals surface area contributed by atoms with Gasteiger partial charge >= 0.3 is 11.9 Å². The van der Waals surface area contributed by atoms with Gasteiger partial charge in [-0.15, -0.1) is 0 Å². The number of carboxylic acids is 2. The average molecular weight is 325 g/mol. The number of ether oxygens (including phenoxy) is 2. The topological polar surface area (TPSA) is 200 Å². The minimum absolute atomic E-state index is 0.671. The van der Waals surface area contributed by atoms with E-state index >= 15 is 0 Å². The summed E-state index contributed by atoms with van der Waals surface area (Å²) in [5.74, 6) is -5.74. The summed E-state index contributed by atoms with van der Waals surface area (Å²) in [6.45, 7) is -1.89. The van der Waals surface area contributed by atoms with Crippen LogP contribution in [0.1, 0.15) is 6.42 Å². The monoisotopic (exact) mass is 325 g/mol. The molecule has 6 atom stereocenters. The summed E-state index contributed by atoms with van der Waals surface area (Å²) < 4.78 is 9.78. The second-order valence-electron chi connectivity index (χ2n) is 4.91. The van der Waals surface area contributed by atoms with Gasteiger partial charge in [0.25, 0.3) is 5.79 Å². The first-order valence-electron chi connectivity index (χ1n) is 6.32. The molecule has 1 saturated heterocycles. The Morgan fingerprint density at radius 1 is 1.36 bits per heavy atom. The van der Waals surface area contributed by atoms with Crippen LogP contribution < -0.4 is 5.73 Å². The molecule has 22 heavy (non-hydrogen) atoms. The van der Waals surface area contributed by atoms with Crippen molar-refractivity contribution in [1.29, 1.82) is 0 Å². The molecule has 11 heteroatoms. The summed E-state index contributed by atoms with van der Waals surface area (Å²) in [5, 5.41) is 55.7. The standard InChI is InChI=1S/C11H19NO10/c12-7-4(14)1-11(10(19)20,21-3-6(16)17)22-9(7)8(18)5(15)2-13/h4-5,7-9,13-15,18H,1-3,12H2,(H,16,17)(H,19,20)/t4-,5+,7+,8+,9+,11-/m0/s1. The molecule has 1 heterocycles. The Morgan fingerprint density at radius 2 is 1.95 bits per heavy atom. The van der Waals surface area contributed by atoms with Crippen molar-refractivity contribution in [3.8, 4) is 0 Å². The molecule has 0 spiro atoms. The van der Waals surface area contributed by atoms with Crippen molar-refractivity contribution in [2.45, 2.75) is 42.7 Å². The zero-order valence-electron chi connectivity index (χ0n) is 11.4. The summed E-state index contributed by atoms with van der Waals surface area (Å²) in [7, 11) is 0. The summed E-state index contributed by atoms with van der Waals surface area (Å²) in [6.07, 6.45) is -7.30. The molecule has 1 aliphatic rings. The Hall–Kier alpha value is -1.34. The molecule has 1 aliphatic heterocycles. The number of aliphatic hydroxyl groups excluding tert-OH is 4. The molecule has 1 rings (SSSR count). The van der Waals surface area contributed by atoms with Crippen LogP contribution in [0.4, 0.5) is 0 Å². The average Bonchev–Trinajstić information content (AvgIpc) is 2.46. The number of hydrogen-bond donors (Lipinski definition) is 7. The quantitative estimate of drug-likeness (QED) is 0.241. The minimum Gasteiger partial charge on any atom is -0.480 e. The number of aliphatic hydroxyl groups is 4. The summed E-state index contributed by atoms with van der Waals surface area (Å²) in [5.41, 5.74) is 5.60. The van der Waals surface area contributed by atoms with Crippen LogP contribution in [0.2, 0.25) is 0 Å². The molecule has 0 aromatic carbocycles. The molecule has 0 radical (unpaired) electrons. The van der Waals surface area contributed by atoms with Crippen molar-refractivity contribution in [3.05, 3.63) is 0 Å². The fourth-order valence-corrected chi connectivity index (χ4v) is 2.07. The van der Waals surface area contributed by atoms with Gasteiger partial charge < -0.3 is 45.8 Å². The van der Waals surface area contributed by atoms with Crippen LogP contribution in [0.25, 0.3) is 0 Å². The molecular formula is C11H19NO10. The van der Waals surface area contributed by atoms with E-state index in [2.05, 4.69) is 0 Å². The SMILES string of the molecule is N[C@H]1[C@H]([C@H](O)[C@H](O)CO)O[C@](OCC(=O)O)(C(=O)O)C[C@@H]1O. The van der Waals surface area contributed by atoms with Crippen LogP contribution in [0, 0.1) is 0 Å². The third kappa shape index (κ3) is 3.89. The van der Waals surface area contributed by atoms with Gasteiger partial charge in [0.2, 0.25) is 0 Å². The molecule has 0 aromatic rings. The molecule has 0 amide bonds. The molecule has 0 aromatic heterocycles. The van der Waals surface area contributed by atoms with Gasteiger partial charge in [-0.2, -0.15) is 0 Å². The molecule has 0 bridgehead atoms. The molecule has 0 aliphatic carbocycles. The van der Waals surface area contributed by atoms with Crippen molar-refractivity contribution in [1.82, 2.24) is 0 Å². The molecule has 8 N–H and O–H groups in total. The van der Waals surface area contributed by atoms with E-state index in [4.69, 9.17) is 25.4 Å². The maximum Gasteiger partial charge on any atom is 0.364 e. The normalized spacial score (nSPS) is 34.9. The van der Waals surface area contributed by atoms with Crippen LogP contribution >= 0.6 is 0 Å². The molecule has 11 nitrogen and oxygen atoms in total. The first-order valence-corrected chi connectivity index (χ1v) is 6.32. The number of carboxylic acid groups (broad SMARTS) is 2. The fourth-order valence-electron chi connectivity index (χ4n) is 2.07. The Labute approximate surface area is 124 Å². The van der Waals surface area contributed by atoms with Gasteiger partial charge in [0.15, 0.2) is 0 Å². The lowest BCUT2D eigenvalue weighted by molar-refractivity contribution is -0.308. The van der Waals surface area contributed by atoms with Crippen LogP contribution in [-0.4, -0.2) is 92.0 Å². The molecule has 0 saturated carbocycles. The van der Waals surface area contributed by atoms with Crippen LogP contribution in [0.3, 0.4) is 0 Å². The maximum atomic E-state index is 11.4.